The maximum atomic E-state index is 5.97. The minimum Gasteiger partial charge on any atom is -0.489 e. The summed E-state index contributed by atoms with van der Waals surface area (Å²) < 4.78 is 5.97. The van der Waals surface area contributed by atoms with E-state index < -0.39 is 0 Å². The number of para-hydroxylation sites is 1. The van der Waals surface area contributed by atoms with Crippen molar-refractivity contribution in [3.05, 3.63) is 90.0 Å². The molecule has 0 aliphatic carbocycles. The average Bonchev–Trinajstić information content (AvgIpc) is 2.62. The first kappa shape index (κ1) is 15.3. The molecular weight excluding hydrogens is 282 g/mol. The largest absolute Gasteiger partial charge is 0.489 e. The van der Waals surface area contributed by atoms with E-state index >= 15 is 0 Å². The van der Waals surface area contributed by atoms with Crippen molar-refractivity contribution < 1.29 is 4.74 Å². The van der Waals surface area contributed by atoms with E-state index in [1.807, 2.05) is 24.3 Å². The van der Waals surface area contributed by atoms with Gasteiger partial charge in [-0.3, -0.25) is 0 Å². The van der Waals surface area contributed by atoms with Gasteiger partial charge in [0.1, 0.15) is 12.4 Å². The Morgan fingerprint density at radius 1 is 0.696 bits per heavy atom. The molecule has 23 heavy (non-hydrogen) atoms. The Kier molecular flexibility index (Phi) is 5.07. The number of ether oxygens (including phenoxy) is 1. The molecule has 0 saturated heterocycles. The standard InChI is InChI=1S/C21H21NO/c22-15-14-20-8-4-5-9-21(20)23-16-17-10-12-19(13-11-17)18-6-2-1-3-7-18/h1-13H,14-16,22H2. The van der Waals surface area contributed by atoms with Crippen LogP contribution in [-0.4, -0.2) is 6.54 Å². The summed E-state index contributed by atoms with van der Waals surface area (Å²) in [5.74, 6) is 0.921. The summed E-state index contributed by atoms with van der Waals surface area (Å²) in [4.78, 5) is 0. The fourth-order valence-electron chi connectivity index (χ4n) is 2.59. The van der Waals surface area contributed by atoms with Crippen molar-refractivity contribution >= 4 is 0 Å². The lowest BCUT2D eigenvalue weighted by atomic mass is 10.0. The molecule has 0 heterocycles. The van der Waals surface area contributed by atoms with Gasteiger partial charge in [-0.1, -0.05) is 72.8 Å². The highest BCUT2D eigenvalue weighted by molar-refractivity contribution is 5.63. The quantitative estimate of drug-likeness (QED) is 0.731. The van der Waals surface area contributed by atoms with Crippen LogP contribution in [0.15, 0.2) is 78.9 Å². The summed E-state index contributed by atoms with van der Waals surface area (Å²) in [6.07, 6.45) is 0.836. The van der Waals surface area contributed by atoms with Gasteiger partial charge in [0.25, 0.3) is 0 Å². The van der Waals surface area contributed by atoms with Crippen LogP contribution in [0, 0.1) is 0 Å². The van der Waals surface area contributed by atoms with Crippen LogP contribution in [0.4, 0.5) is 0 Å². The van der Waals surface area contributed by atoms with Gasteiger partial charge >= 0.3 is 0 Å². The van der Waals surface area contributed by atoms with Gasteiger partial charge in [-0.15, -0.1) is 0 Å². The minimum atomic E-state index is 0.566. The Morgan fingerprint density at radius 2 is 1.35 bits per heavy atom. The van der Waals surface area contributed by atoms with Crippen LogP contribution in [0.1, 0.15) is 11.1 Å². The molecule has 0 bridgehead atoms. The predicted octanol–water partition coefficient (Wildman–Crippen LogP) is 4.43. The Hall–Kier alpha value is -2.58. The van der Waals surface area contributed by atoms with Gasteiger partial charge in [0, 0.05) is 0 Å². The molecule has 0 fully saturated rings. The van der Waals surface area contributed by atoms with Crippen molar-refractivity contribution in [2.24, 2.45) is 5.73 Å². The molecule has 0 spiro atoms. The third kappa shape index (κ3) is 3.99. The molecule has 0 unspecified atom stereocenters. The molecule has 3 aromatic rings. The molecule has 2 nitrogen and oxygen atoms in total. The second-order valence-corrected chi connectivity index (χ2v) is 5.50. The summed E-state index contributed by atoms with van der Waals surface area (Å²) in [6.45, 7) is 1.20. The molecule has 0 radical (unpaired) electrons. The highest BCUT2D eigenvalue weighted by Crippen LogP contribution is 2.22. The summed E-state index contributed by atoms with van der Waals surface area (Å²) in [7, 11) is 0. The van der Waals surface area contributed by atoms with Gasteiger partial charge in [0.15, 0.2) is 0 Å². The third-order valence-electron chi connectivity index (χ3n) is 3.84. The van der Waals surface area contributed by atoms with Crippen LogP contribution in [0.5, 0.6) is 5.75 Å². The normalized spacial score (nSPS) is 10.5. The molecule has 3 aromatic carbocycles. The van der Waals surface area contributed by atoms with Crippen molar-refractivity contribution in [2.75, 3.05) is 6.54 Å². The first-order valence-electron chi connectivity index (χ1n) is 7.92. The zero-order valence-corrected chi connectivity index (χ0v) is 13.1. The maximum absolute atomic E-state index is 5.97. The second kappa shape index (κ2) is 7.61. The lowest BCUT2D eigenvalue weighted by Crippen LogP contribution is -2.05. The number of nitrogens with two attached hydrogens (primary N) is 1. The lowest BCUT2D eigenvalue weighted by Gasteiger charge is -2.11. The molecule has 0 saturated carbocycles. The van der Waals surface area contributed by atoms with Crippen molar-refractivity contribution in [3.63, 3.8) is 0 Å². The molecule has 0 atom stereocenters. The van der Waals surface area contributed by atoms with Crippen molar-refractivity contribution in [1.29, 1.82) is 0 Å². The lowest BCUT2D eigenvalue weighted by molar-refractivity contribution is 0.303. The van der Waals surface area contributed by atoms with Crippen LogP contribution >= 0.6 is 0 Å². The topological polar surface area (TPSA) is 35.2 Å². The number of hydrogen-bond donors (Lipinski definition) is 1. The zero-order valence-electron chi connectivity index (χ0n) is 13.1. The van der Waals surface area contributed by atoms with E-state index in [0.717, 1.165) is 23.3 Å². The van der Waals surface area contributed by atoms with Gasteiger partial charge in [-0.05, 0) is 41.3 Å². The predicted molar refractivity (Wildman–Crippen MR) is 95.4 cm³/mol. The van der Waals surface area contributed by atoms with E-state index in [0.29, 0.717) is 13.2 Å². The molecule has 116 valence electrons. The Morgan fingerprint density at radius 3 is 2.09 bits per heavy atom. The zero-order chi connectivity index (χ0) is 15.9. The summed E-state index contributed by atoms with van der Waals surface area (Å²) >= 11 is 0. The molecular formula is C21H21NO. The van der Waals surface area contributed by atoms with Crippen molar-refractivity contribution in [2.45, 2.75) is 13.0 Å². The third-order valence-corrected chi connectivity index (χ3v) is 3.84. The molecule has 0 aliphatic heterocycles. The summed E-state index contributed by atoms with van der Waals surface area (Å²) in [5, 5.41) is 0. The molecule has 0 aromatic heterocycles. The maximum Gasteiger partial charge on any atom is 0.123 e. The summed E-state index contributed by atoms with van der Waals surface area (Å²) in [6, 6.07) is 27.0. The molecule has 2 N–H and O–H groups in total. The SMILES string of the molecule is NCCc1ccccc1OCc1ccc(-c2ccccc2)cc1. The first-order chi connectivity index (χ1) is 11.4. The van der Waals surface area contributed by atoms with Gasteiger partial charge in [-0.2, -0.15) is 0 Å². The van der Waals surface area contributed by atoms with E-state index in [1.165, 1.54) is 11.1 Å². The monoisotopic (exact) mass is 303 g/mol. The Labute approximate surface area is 137 Å². The fraction of sp³-hybridized carbons (Fsp3) is 0.143. The number of benzene rings is 3. The van der Waals surface area contributed by atoms with Crippen LogP contribution in [0.2, 0.25) is 0 Å². The average molecular weight is 303 g/mol. The summed E-state index contributed by atoms with van der Waals surface area (Å²) in [5.41, 5.74) is 10.4. The molecule has 2 heteroatoms. The van der Waals surface area contributed by atoms with E-state index in [1.54, 1.807) is 0 Å². The van der Waals surface area contributed by atoms with Crippen LogP contribution < -0.4 is 10.5 Å². The van der Waals surface area contributed by atoms with Crippen LogP contribution in [-0.2, 0) is 13.0 Å². The number of hydrogen-bond acceptors (Lipinski definition) is 2. The smallest absolute Gasteiger partial charge is 0.123 e. The van der Waals surface area contributed by atoms with E-state index in [4.69, 9.17) is 10.5 Å². The van der Waals surface area contributed by atoms with Gasteiger partial charge in [0.2, 0.25) is 0 Å². The van der Waals surface area contributed by atoms with E-state index in [9.17, 15) is 0 Å². The van der Waals surface area contributed by atoms with E-state index in [-0.39, 0.29) is 0 Å². The van der Waals surface area contributed by atoms with Crippen LogP contribution in [0.3, 0.4) is 0 Å². The molecule has 3 rings (SSSR count). The second-order valence-electron chi connectivity index (χ2n) is 5.50. The Bertz CT molecular complexity index is 735. The highest BCUT2D eigenvalue weighted by Gasteiger charge is 2.03. The molecule has 0 amide bonds. The highest BCUT2D eigenvalue weighted by atomic mass is 16.5. The fourth-order valence-corrected chi connectivity index (χ4v) is 2.59. The Balaban J connectivity index is 1.68. The van der Waals surface area contributed by atoms with Gasteiger partial charge < -0.3 is 10.5 Å². The van der Waals surface area contributed by atoms with Gasteiger partial charge in [-0.25, -0.2) is 0 Å². The first-order valence-corrected chi connectivity index (χ1v) is 7.92. The molecule has 0 aliphatic rings. The van der Waals surface area contributed by atoms with Crippen LogP contribution in [0.25, 0.3) is 11.1 Å². The minimum absolute atomic E-state index is 0.566. The van der Waals surface area contributed by atoms with Gasteiger partial charge in [0.05, 0.1) is 0 Å². The van der Waals surface area contributed by atoms with Crippen molar-refractivity contribution in [3.8, 4) is 16.9 Å². The number of rotatable bonds is 6. The van der Waals surface area contributed by atoms with Crippen molar-refractivity contribution in [1.82, 2.24) is 0 Å². The van der Waals surface area contributed by atoms with E-state index in [2.05, 4.69) is 54.6 Å².